The molecule has 1 heterocycles. The van der Waals surface area contributed by atoms with Crippen LogP contribution in [0.15, 0.2) is 59.1 Å². The molecular formula is C18H18BrNO2. The zero-order valence-corrected chi connectivity index (χ0v) is 14.0. The van der Waals surface area contributed by atoms with Crippen LogP contribution in [0.5, 0.6) is 0 Å². The van der Waals surface area contributed by atoms with Gasteiger partial charge in [0, 0.05) is 4.47 Å². The molecule has 0 N–H and O–H groups in total. The zero-order valence-electron chi connectivity index (χ0n) is 12.4. The molecule has 1 aliphatic rings. The minimum atomic E-state index is -0.0723. The third-order valence-corrected chi connectivity index (χ3v) is 4.61. The molecule has 3 rings (SSSR count). The first kappa shape index (κ1) is 15.3. The minimum Gasteiger partial charge on any atom is -0.362 e. The van der Waals surface area contributed by atoms with Gasteiger partial charge in [0.25, 0.3) is 0 Å². The lowest BCUT2D eigenvalue weighted by Gasteiger charge is -2.37. The van der Waals surface area contributed by atoms with Gasteiger partial charge in [0.2, 0.25) is 5.91 Å². The van der Waals surface area contributed by atoms with Gasteiger partial charge in [-0.05, 0) is 30.2 Å². The molecule has 2 aromatic carbocycles. The van der Waals surface area contributed by atoms with Crippen LogP contribution in [-0.4, -0.2) is 24.0 Å². The van der Waals surface area contributed by atoms with Crippen molar-refractivity contribution in [3.05, 3.63) is 70.2 Å². The highest BCUT2D eigenvalue weighted by Gasteiger charge is 2.30. The lowest BCUT2D eigenvalue weighted by Crippen LogP contribution is -2.44. The Morgan fingerprint density at radius 3 is 2.50 bits per heavy atom. The summed E-state index contributed by atoms with van der Waals surface area (Å²) in [5, 5.41) is 0. The van der Waals surface area contributed by atoms with Crippen LogP contribution >= 0.6 is 15.9 Å². The second kappa shape index (κ2) is 6.63. The maximum atomic E-state index is 12.2. The van der Waals surface area contributed by atoms with Crippen LogP contribution in [-0.2, 0) is 9.53 Å². The summed E-state index contributed by atoms with van der Waals surface area (Å²) in [4.78, 5) is 14.1. The summed E-state index contributed by atoms with van der Waals surface area (Å²) in [5.74, 6) is 0.0460. The van der Waals surface area contributed by atoms with Crippen molar-refractivity contribution < 1.29 is 9.53 Å². The smallest absolute Gasteiger partial charge is 0.249 e. The number of amides is 1. The summed E-state index contributed by atoms with van der Waals surface area (Å²) in [6, 6.07) is 18.2. The van der Waals surface area contributed by atoms with Crippen molar-refractivity contribution in [2.45, 2.75) is 19.1 Å². The van der Waals surface area contributed by atoms with Crippen LogP contribution in [0.3, 0.4) is 0 Å². The van der Waals surface area contributed by atoms with Gasteiger partial charge in [0.05, 0.1) is 12.6 Å². The Labute approximate surface area is 139 Å². The molecule has 1 saturated heterocycles. The molecule has 1 fully saturated rings. The predicted octanol–water partition coefficient (Wildman–Crippen LogP) is 4.11. The molecule has 0 saturated carbocycles. The molecule has 0 spiro atoms. The molecule has 114 valence electrons. The Morgan fingerprint density at radius 1 is 1.14 bits per heavy atom. The van der Waals surface area contributed by atoms with Crippen LogP contribution in [0.2, 0.25) is 0 Å². The van der Waals surface area contributed by atoms with E-state index in [1.165, 1.54) is 0 Å². The van der Waals surface area contributed by atoms with Crippen molar-refractivity contribution in [2.24, 2.45) is 0 Å². The third-order valence-electron chi connectivity index (χ3n) is 4.08. The molecule has 22 heavy (non-hydrogen) atoms. The van der Waals surface area contributed by atoms with E-state index in [9.17, 15) is 4.79 Å². The largest absolute Gasteiger partial charge is 0.362 e. The van der Waals surface area contributed by atoms with Gasteiger partial charge >= 0.3 is 0 Å². The number of nitrogens with zero attached hydrogens (tertiary/aromatic N) is 1. The molecule has 0 radical (unpaired) electrons. The highest BCUT2D eigenvalue weighted by atomic mass is 79.9. The van der Waals surface area contributed by atoms with Crippen LogP contribution < -0.4 is 0 Å². The van der Waals surface area contributed by atoms with E-state index in [-0.39, 0.29) is 24.7 Å². The molecule has 0 aromatic heterocycles. The number of morpholine rings is 1. The van der Waals surface area contributed by atoms with E-state index in [0.29, 0.717) is 6.54 Å². The van der Waals surface area contributed by atoms with Crippen molar-refractivity contribution in [1.29, 1.82) is 0 Å². The van der Waals surface area contributed by atoms with Crippen molar-refractivity contribution in [2.75, 3.05) is 13.2 Å². The summed E-state index contributed by atoms with van der Waals surface area (Å²) in [6.07, 6.45) is -0.0723. The monoisotopic (exact) mass is 359 g/mol. The number of carbonyl (C=O) groups is 1. The highest BCUT2D eigenvalue weighted by Crippen LogP contribution is 2.29. The molecule has 1 amide bonds. The number of hydrogen-bond donors (Lipinski definition) is 0. The van der Waals surface area contributed by atoms with Crippen LogP contribution in [0, 0.1) is 0 Å². The molecule has 2 aromatic rings. The predicted molar refractivity (Wildman–Crippen MR) is 89.4 cm³/mol. The molecule has 2 atom stereocenters. The standard InChI is InChI=1S/C18H18BrNO2/c1-13(14-5-3-2-4-6-14)20-11-17(22-12-18(20)21)15-7-9-16(19)10-8-15/h2-10,13,17H,11-12H2,1H3. The van der Waals surface area contributed by atoms with E-state index in [1.54, 1.807) is 0 Å². The van der Waals surface area contributed by atoms with Crippen molar-refractivity contribution in [3.63, 3.8) is 0 Å². The van der Waals surface area contributed by atoms with Gasteiger partial charge in [0.1, 0.15) is 12.7 Å². The first-order valence-corrected chi connectivity index (χ1v) is 8.16. The third kappa shape index (κ3) is 3.23. The number of carbonyl (C=O) groups excluding carboxylic acids is 1. The van der Waals surface area contributed by atoms with Crippen molar-refractivity contribution >= 4 is 21.8 Å². The molecule has 0 aliphatic carbocycles. The Hall–Kier alpha value is -1.65. The number of rotatable bonds is 3. The maximum Gasteiger partial charge on any atom is 0.249 e. The van der Waals surface area contributed by atoms with Gasteiger partial charge in [-0.25, -0.2) is 0 Å². The Balaban J connectivity index is 1.79. The molecule has 0 bridgehead atoms. The van der Waals surface area contributed by atoms with Gasteiger partial charge in [-0.2, -0.15) is 0 Å². The topological polar surface area (TPSA) is 29.5 Å². The van der Waals surface area contributed by atoms with Crippen LogP contribution in [0.4, 0.5) is 0 Å². The Kier molecular flexibility index (Phi) is 4.60. The van der Waals surface area contributed by atoms with Crippen molar-refractivity contribution in [1.82, 2.24) is 4.90 Å². The first-order chi connectivity index (χ1) is 10.6. The zero-order chi connectivity index (χ0) is 15.5. The highest BCUT2D eigenvalue weighted by molar-refractivity contribution is 9.10. The second-order valence-electron chi connectivity index (χ2n) is 5.48. The molecule has 2 unspecified atom stereocenters. The molecular weight excluding hydrogens is 342 g/mol. The fourth-order valence-corrected chi connectivity index (χ4v) is 3.02. The first-order valence-electron chi connectivity index (χ1n) is 7.36. The van der Waals surface area contributed by atoms with Crippen molar-refractivity contribution in [3.8, 4) is 0 Å². The number of benzene rings is 2. The van der Waals surface area contributed by atoms with E-state index < -0.39 is 0 Å². The Morgan fingerprint density at radius 2 is 1.82 bits per heavy atom. The molecule has 1 aliphatic heterocycles. The van der Waals surface area contributed by atoms with E-state index in [0.717, 1.165) is 15.6 Å². The summed E-state index contributed by atoms with van der Waals surface area (Å²) < 4.78 is 6.77. The Bertz CT molecular complexity index is 642. The van der Waals surface area contributed by atoms with Gasteiger partial charge in [-0.15, -0.1) is 0 Å². The summed E-state index contributed by atoms with van der Waals surface area (Å²) >= 11 is 3.44. The van der Waals surface area contributed by atoms with Crippen LogP contribution in [0.1, 0.15) is 30.2 Å². The average Bonchev–Trinajstić information content (AvgIpc) is 2.56. The van der Waals surface area contributed by atoms with E-state index in [2.05, 4.69) is 35.0 Å². The van der Waals surface area contributed by atoms with Crippen LogP contribution in [0.25, 0.3) is 0 Å². The van der Waals surface area contributed by atoms with Gasteiger partial charge in [-0.3, -0.25) is 4.79 Å². The lowest BCUT2D eigenvalue weighted by atomic mass is 10.0. The summed E-state index contributed by atoms with van der Waals surface area (Å²) in [7, 11) is 0. The second-order valence-corrected chi connectivity index (χ2v) is 6.40. The van der Waals surface area contributed by atoms with E-state index >= 15 is 0 Å². The summed E-state index contributed by atoms with van der Waals surface area (Å²) in [6.45, 7) is 2.78. The molecule has 4 heteroatoms. The van der Waals surface area contributed by atoms with E-state index in [1.807, 2.05) is 47.4 Å². The fourth-order valence-electron chi connectivity index (χ4n) is 2.75. The summed E-state index contributed by atoms with van der Waals surface area (Å²) in [5.41, 5.74) is 2.24. The van der Waals surface area contributed by atoms with Gasteiger partial charge in [0.15, 0.2) is 0 Å². The fraction of sp³-hybridized carbons (Fsp3) is 0.278. The number of halogens is 1. The molecule has 3 nitrogen and oxygen atoms in total. The normalized spacial score (nSPS) is 20.0. The number of hydrogen-bond acceptors (Lipinski definition) is 2. The SMILES string of the molecule is CC(c1ccccc1)N1CC(c2ccc(Br)cc2)OCC1=O. The number of ether oxygens (including phenoxy) is 1. The van der Waals surface area contributed by atoms with Gasteiger partial charge < -0.3 is 9.64 Å². The lowest BCUT2D eigenvalue weighted by molar-refractivity contribution is -0.152. The minimum absolute atomic E-state index is 0.0460. The van der Waals surface area contributed by atoms with E-state index in [4.69, 9.17) is 4.74 Å². The average molecular weight is 360 g/mol. The quantitative estimate of drug-likeness (QED) is 0.825. The van der Waals surface area contributed by atoms with Gasteiger partial charge in [-0.1, -0.05) is 58.4 Å². The maximum absolute atomic E-state index is 12.2.